The molecule has 0 unspecified atom stereocenters. The van der Waals surface area contributed by atoms with Crippen molar-refractivity contribution in [2.24, 2.45) is 0 Å². The third kappa shape index (κ3) is 3.53. The summed E-state index contributed by atoms with van der Waals surface area (Å²) < 4.78 is 44.1. The quantitative estimate of drug-likeness (QED) is 0.601. The molecule has 2 aromatic carbocycles. The Kier molecular flexibility index (Phi) is 4.88. The van der Waals surface area contributed by atoms with Gasteiger partial charge in [-0.2, -0.15) is 4.31 Å². The second kappa shape index (κ2) is 7.57. The summed E-state index contributed by atoms with van der Waals surface area (Å²) in [5.41, 5.74) is 0.722. The Morgan fingerprint density at radius 2 is 1.83 bits per heavy atom. The third-order valence-corrected chi connectivity index (χ3v) is 7.38. The van der Waals surface area contributed by atoms with E-state index in [4.69, 9.17) is 25.5 Å². The van der Waals surface area contributed by atoms with E-state index in [0.717, 1.165) is 12.0 Å². The molecule has 2 aliphatic heterocycles. The molecular weight excluding hydrogens is 430 g/mol. The zero-order valence-electron chi connectivity index (χ0n) is 15.8. The van der Waals surface area contributed by atoms with Crippen LogP contribution in [0.15, 0.2) is 51.8 Å². The Hall–Kier alpha value is -2.62. The number of hydrogen-bond acceptors (Lipinski definition) is 7. The zero-order chi connectivity index (χ0) is 20.7. The van der Waals surface area contributed by atoms with Crippen molar-refractivity contribution < 1.29 is 22.3 Å². The van der Waals surface area contributed by atoms with Gasteiger partial charge in [0.1, 0.15) is 0 Å². The van der Waals surface area contributed by atoms with Gasteiger partial charge < -0.3 is 13.9 Å². The lowest BCUT2D eigenvalue weighted by Gasteiger charge is -2.30. The molecule has 1 saturated heterocycles. The van der Waals surface area contributed by atoms with Crippen molar-refractivity contribution in [3.8, 4) is 23.0 Å². The predicted molar refractivity (Wildman–Crippen MR) is 108 cm³/mol. The zero-order valence-corrected chi connectivity index (χ0v) is 17.4. The molecule has 0 bridgehead atoms. The van der Waals surface area contributed by atoms with E-state index in [1.165, 1.54) is 16.4 Å². The Balaban J connectivity index is 1.36. The molecule has 0 aliphatic carbocycles. The van der Waals surface area contributed by atoms with E-state index < -0.39 is 10.0 Å². The number of fused-ring (bicyclic) bond motifs is 1. The van der Waals surface area contributed by atoms with Crippen LogP contribution in [0.1, 0.15) is 24.7 Å². The molecular formula is C20H18ClN3O5S. The lowest BCUT2D eigenvalue weighted by atomic mass is 10.00. The van der Waals surface area contributed by atoms with Gasteiger partial charge in [0.2, 0.25) is 28.6 Å². The first kappa shape index (κ1) is 19.3. The van der Waals surface area contributed by atoms with Crippen LogP contribution in [0.25, 0.3) is 11.5 Å². The lowest BCUT2D eigenvalue weighted by Crippen LogP contribution is -2.39. The van der Waals surface area contributed by atoms with Gasteiger partial charge in [0.15, 0.2) is 11.5 Å². The van der Waals surface area contributed by atoms with Crippen molar-refractivity contribution in [2.75, 3.05) is 19.9 Å². The molecule has 2 aliphatic rings. The van der Waals surface area contributed by atoms with Crippen molar-refractivity contribution in [2.45, 2.75) is 23.7 Å². The fraction of sp³-hybridized carbons (Fsp3) is 0.300. The molecule has 1 aromatic heterocycles. The molecule has 156 valence electrons. The molecule has 0 spiro atoms. The summed E-state index contributed by atoms with van der Waals surface area (Å²) in [5, 5.41) is 8.82. The number of hydrogen-bond donors (Lipinski definition) is 0. The summed E-state index contributed by atoms with van der Waals surface area (Å²) in [6, 6.07) is 11.6. The molecule has 8 nitrogen and oxygen atoms in total. The summed E-state index contributed by atoms with van der Waals surface area (Å²) in [4.78, 5) is 0.221. The smallest absolute Gasteiger partial charge is 0.247 e. The molecule has 0 amide bonds. The third-order valence-electron chi connectivity index (χ3n) is 5.24. The van der Waals surface area contributed by atoms with Crippen LogP contribution in [0.3, 0.4) is 0 Å². The molecule has 3 heterocycles. The fourth-order valence-corrected chi connectivity index (χ4v) is 5.31. The molecule has 30 heavy (non-hydrogen) atoms. The molecule has 10 heteroatoms. The Bertz CT molecular complexity index is 1180. The molecule has 5 rings (SSSR count). The van der Waals surface area contributed by atoms with Gasteiger partial charge in [-0.1, -0.05) is 11.6 Å². The van der Waals surface area contributed by atoms with E-state index in [1.807, 2.05) is 6.07 Å². The summed E-state index contributed by atoms with van der Waals surface area (Å²) in [6.45, 7) is 0.923. The van der Waals surface area contributed by atoms with E-state index in [1.54, 1.807) is 24.3 Å². The van der Waals surface area contributed by atoms with E-state index >= 15 is 0 Å². The highest BCUT2D eigenvalue weighted by Gasteiger charge is 2.33. The SMILES string of the molecule is O=S(=O)(c1ccc(Cl)cc1)N1CCC[C@@H](c2nnc(-c3ccc4c(c3)OCO4)o2)C1. The number of ether oxygens (including phenoxy) is 2. The minimum Gasteiger partial charge on any atom is -0.454 e. The normalized spacial score (nSPS) is 19.2. The Labute approximate surface area is 178 Å². The average molecular weight is 448 g/mol. The number of nitrogens with zero attached hydrogens (tertiary/aromatic N) is 3. The second-order valence-electron chi connectivity index (χ2n) is 7.17. The van der Waals surface area contributed by atoms with Gasteiger partial charge in [0, 0.05) is 23.7 Å². The summed E-state index contributed by atoms with van der Waals surface area (Å²) in [6.07, 6.45) is 1.48. The standard InChI is InChI=1S/C20H18ClN3O5S/c21-15-4-6-16(7-5-15)30(25,26)24-9-1-2-14(11-24)20-23-22-19(29-20)13-3-8-17-18(10-13)28-12-27-17/h3-8,10,14H,1-2,9,11-12H2/t14-/m1/s1. The van der Waals surface area contributed by atoms with Crippen molar-refractivity contribution in [1.82, 2.24) is 14.5 Å². The van der Waals surface area contributed by atoms with Gasteiger partial charge in [0.25, 0.3) is 0 Å². The van der Waals surface area contributed by atoms with Crippen molar-refractivity contribution in [3.05, 3.63) is 53.4 Å². The topological polar surface area (TPSA) is 94.8 Å². The molecule has 1 atom stereocenters. The second-order valence-corrected chi connectivity index (χ2v) is 9.54. The number of sulfonamides is 1. The summed E-state index contributed by atoms with van der Waals surface area (Å²) in [5.74, 6) is 1.93. The number of aromatic nitrogens is 2. The fourth-order valence-electron chi connectivity index (χ4n) is 3.66. The maximum atomic E-state index is 13.0. The van der Waals surface area contributed by atoms with Gasteiger partial charge >= 0.3 is 0 Å². The van der Waals surface area contributed by atoms with Crippen molar-refractivity contribution in [3.63, 3.8) is 0 Å². The van der Waals surface area contributed by atoms with Crippen LogP contribution >= 0.6 is 11.6 Å². The minimum atomic E-state index is -3.62. The van der Waals surface area contributed by atoms with Crippen LogP contribution in [0, 0.1) is 0 Å². The highest BCUT2D eigenvalue weighted by atomic mass is 35.5. The van der Waals surface area contributed by atoms with Crippen molar-refractivity contribution >= 4 is 21.6 Å². The van der Waals surface area contributed by atoms with E-state index in [2.05, 4.69) is 10.2 Å². The van der Waals surface area contributed by atoms with Gasteiger partial charge in [-0.25, -0.2) is 8.42 Å². The van der Waals surface area contributed by atoms with Crippen LogP contribution in [0.4, 0.5) is 0 Å². The first-order valence-electron chi connectivity index (χ1n) is 9.50. The molecule has 3 aromatic rings. The molecule has 0 saturated carbocycles. The monoisotopic (exact) mass is 447 g/mol. The number of benzene rings is 2. The highest BCUT2D eigenvalue weighted by molar-refractivity contribution is 7.89. The van der Waals surface area contributed by atoms with E-state index in [9.17, 15) is 8.42 Å². The molecule has 0 N–H and O–H groups in total. The number of halogens is 1. The molecule has 0 radical (unpaired) electrons. The van der Waals surface area contributed by atoms with Crippen LogP contribution in [0.2, 0.25) is 5.02 Å². The van der Waals surface area contributed by atoms with Gasteiger partial charge in [0.05, 0.1) is 10.8 Å². The van der Waals surface area contributed by atoms with Crippen LogP contribution in [-0.2, 0) is 10.0 Å². The van der Waals surface area contributed by atoms with Gasteiger partial charge in [-0.15, -0.1) is 10.2 Å². The van der Waals surface area contributed by atoms with Gasteiger partial charge in [-0.3, -0.25) is 0 Å². The largest absolute Gasteiger partial charge is 0.454 e. The Morgan fingerprint density at radius 3 is 2.67 bits per heavy atom. The maximum Gasteiger partial charge on any atom is 0.247 e. The number of rotatable bonds is 4. The maximum absolute atomic E-state index is 13.0. The predicted octanol–water partition coefficient (Wildman–Crippen LogP) is 3.69. The average Bonchev–Trinajstić information content (AvgIpc) is 3.43. The molecule has 1 fully saturated rings. The minimum absolute atomic E-state index is 0.170. The van der Waals surface area contributed by atoms with Crippen LogP contribution in [-0.4, -0.2) is 42.8 Å². The van der Waals surface area contributed by atoms with Crippen LogP contribution in [0.5, 0.6) is 11.5 Å². The van der Waals surface area contributed by atoms with Crippen LogP contribution < -0.4 is 9.47 Å². The summed E-state index contributed by atoms with van der Waals surface area (Å²) in [7, 11) is -3.62. The van der Waals surface area contributed by atoms with Crippen molar-refractivity contribution in [1.29, 1.82) is 0 Å². The first-order valence-corrected chi connectivity index (χ1v) is 11.3. The number of piperidine rings is 1. The highest BCUT2D eigenvalue weighted by Crippen LogP contribution is 2.36. The summed E-state index contributed by atoms with van der Waals surface area (Å²) >= 11 is 5.88. The van der Waals surface area contributed by atoms with E-state index in [-0.39, 0.29) is 24.2 Å². The van der Waals surface area contributed by atoms with Gasteiger partial charge in [-0.05, 0) is 55.3 Å². The Morgan fingerprint density at radius 1 is 1.03 bits per heavy atom. The van der Waals surface area contributed by atoms with E-state index in [0.29, 0.717) is 41.3 Å². The lowest BCUT2D eigenvalue weighted by molar-refractivity contribution is 0.174. The first-order chi connectivity index (χ1) is 14.5.